The molecular weight excluding hydrogens is 413 g/mol. The van der Waals surface area contributed by atoms with Crippen LogP contribution in [0.15, 0.2) is 105 Å². The summed E-state index contributed by atoms with van der Waals surface area (Å²) < 4.78 is 0. The topological polar surface area (TPSA) is 12.4 Å². The van der Waals surface area contributed by atoms with Crippen LogP contribution in [0.5, 0.6) is 0 Å². The molecule has 136 valence electrons. The van der Waals surface area contributed by atoms with E-state index >= 15 is 0 Å². The van der Waals surface area contributed by atoms with Crippen LogP contribution in [0.2, 0.25) is 10.0 Å². The average Bonchev–Trinajstić information content (AvgIpc) is 2.69. The van der Waals surface area contributed by atoms with Gasteiger partial charge in [-0.1, -0.05) is 64.9 Å². The largest absolute Gasteiger partial charge is 0.241 e. The summed E-state index contributed by atoms with van der Waals surface area (Å²) in [6.45, 7) is 2.08. The van der Waals surface area contributed by atoms with Gasteiger partial charge < -0.3 is 0 Å². The van der Waals surface area contributed by atoms with Crippen LogP contribution >= 0.6 is 46.7 Å². The number of nitrogens with zero attached hydrogens (tertiary/aromatic N) is 1. The minimum absolute atomic E-state index is 0.728. The number of benzene rings is 3. The van der Waals surface area contributed by atoms with Gasteiger partial charge in [0, 0.05) is 19.8 Å². The number of para-hydroxylation sites is 1. The second-order valence-corrected chi connectivity index (χ2v) is 8.56. The maximum atomic E-state index is 6.01. The first-order valence-corrected chi connectivity index (χ1v) is 10.7. The van der Waals surface area contributed by atoms with Crippen molar-refractivity contribution < 1.29 is 0 Å². The molecule has 0 heterocycles. The molecule has 0 N–H and O–H groups in total. The van der Waals surface area contributed by atoms with Crippen molar-refractivity contribution in [2.45, 2.75) is 16.7 Å². The Balaban J connectivity index is 1.85. The third kappa shape index (κ3) is 6.47. The third-order valence-corrected chi connectivity index (χ3v) is 6.17. The van der Waals surface area contributed by atoms with Gasteiger partial charge in [-0.2, -0.15) is 0 Å². The molecule has 0 saturated heterocycles. The molecule has 0 amide bonds. The highest BCUT2D eigenvalue weighted by Crippen LogP contribution is 2.30. The fraction of sp³-hybridized carbons (Fsp3) is 0.0455. The van der Waals surface area contributed by atoms with E-state index in [9.17, 15) is 0 Å². The quantitative estimate of drug-likeness (QED) is 0.228. The number of hydrogen-bond donors (Lipinski definition) is 0. The van der Waals surface area contributed by atoms with Gasteiger partial charge in [-0.25, -0.2) is 4.99 Å². The molecule has 0 unspecified atom stereocenters. The zero-order chi connectivity index (χ0) is 19.1. The van der Waals surface area contributed by atoms with Gasteiger partial charge in [0.1, 0.15) is 5.04 Å². The zero-order valence-corrected chi connectivity index (χ0v) is 17.7. The number of aliphatic imine (C=N–C) groups is 1. The molecule has 0 fully saturated rings. The molecule has 0 radical (unpaired) electrons. The lowest BCUT2D eigenvalue weighted by molar-refractivity contribution is 1.46. The van der Waals surface area contributed by atoms with Gasteiger partial charge in [-0.15, -0.1) is 0 Å². The standard InChI is InChI=1S/C22H17Cl2NS2/c1-16(15-26-20-11-7-17(23)8-12-20)22(25-19-5-3-2-4-6-19)27-21-13-9-18(24)10-14-21/h2-15H,1H3. The smallest absolute Gasteiger partial charge is 0.105 e. The molecule has 27 heavy (non-hydrogen) atoms. The van der Waals surface area contributed by atoms with Crippen LogP contribution in [0.3, 0.4) is 0 Å². The molecule has 3 rings (SSSR count). The lowest BCUT2D eigenvalue weighted by Gasteiger charge is -2.08. The molecule has 0 aliphatic heterocycles. The molecule has 0 saturated carbocycles. The molecule has 3 aromatic carbocycles. The lowest BCUT2D eigenvalue weighted by atomic mass is 10.3. The molecule has 0 aromatic heterocycles. The Morgan fingerprint density at radius 1 is 0.778 bits per heavy atom. The van der Waals surface area contributed by atoms with Crippen molar-refractivity contribution in [3.8, 4) is 0 Å². The molecule has 3 aromatic rings. The Hall–Kier alpha value is -1.65. The van der Waals surface area contributed by atoms with E-state index in [2.05, 4.69) is 12.3 Å². The van der Waals surface area contributed by atoms with Gasteiger partial charge >= 0.3 is 0 Å². The van der Waals surface area contributed by atoms with E-state index in [1.165, 1.54) is 0 Å². The summed E-state index contributed by atoms with van der Waals surface area (Å²) in [4.78, 5) is 7.08. The molecule has 0 bridgehead atoms. The zero-order valence-electron chi connectivity index (χ0n) is 14.6. The monoisotopic (exact) mass is 429 g/mol. The predicted octanol–water partition coefficient (Wildman–Crippen LogP) is 8.51. The Morgan fingerprint density at radius 3 is 1.93 bits per heavy atom. The van der Waals surface area contributed by atoms with Crippen LogP contribution in [0.25, 0.3) is 0 Å². The Labute approximate surface area is 178 Å². The van der Waals surface area contributed by atoms with Crippen molar-refractivity contribution >= 4 is 57.5 Å². The molecule has 1 nitrogen and oxygen atoms in total. The van der Waals surface area contributed by atoms with Crippen molar-refractivity contribution in [1.29, 1.82) is 0 Å². The Morgan fingerprint density at radius 2 is 1.33 bits per heavy atom. The number of thioether (sulfide) groups is 2. The van der Waals surface area contributed by atoms with Gasteiger partial charge in [0.05, 0.1) is 5.69 Å². The first-order chi connectivity index (χ1) is 13.1. The summed E-state index contributed by atoms with van der Waals surface area (Å²) in [5, 5.41) is 4.54. The van der Waals surface area contributed by atoms with Crippen LogP contribution in [-0.2, 0) is 0 Å². The Kier molecular flexibility index (Phi) is 7.48. The highest BCUT2D eigenvalue weighted by molar-refractivity contribution is 8.14. The van der Waals surface area contributed by atoms with E-state index in [0.717, 1.165) is 36.1 Å². The fourth-order valence-corrected chi connectivity index (χ4v) is 4.06. The number of halogens is 2. The summed E-state index contributed by atoms with van der Waals surface area (Å²) in [5.74, 6) is 0. The average molecular weight is 430 g/mol. The van der Waals surface area contributed by atoms with E-state index in [1.807, 2.05) is 78.9 Å². The summed E-state index contributed by atoms with van der Waals surface area (Å²) in [7, 11) is 0. The highest BCUT2D eigenvalue weighted by Gasteiger charge is 2.07. The van der Waals surface area contributed by atoms with Gasteiger partial charge in [0.2, 0.25) is 0 Å². The molecule has 5 heteroatoms. The number of rotatable bonds is 5. The van der Waals surface area contributed by atoms with E-state index in [1.54, 1.807) is 23.5 Å². The van der Waals surface area contributed by atoms with E-state index in [-0.39, 0.29) is 0 Å². The summed E-state index contributed by atoms with van der Waals surface area (Å²) in [6.07, 6.45) is 0. The molecule has 0 spiro atoms. The maximum Gasteiger partial charge on any atom is 0.105 e. The van der Waals surface area contributed by atoms with Gasteiger partial charge in [-0.05, 0) is 78.6 Å². The summed E-state index contributed by atoms with van der Waals surface area (Å²) >= 11 is 15.2. The Bertz CT molecular complexity index is 934. The molecule has 0 atom stereocenters. The molecule has 0 aliphatic rings. The van der Waals surface area contributed by atoms with Crippen LogP contribution in [0.1, 0.15) is 6.92 Å². The van der Waals surface area contributed by atoms with Crippen molar-refractivity contribution in [3.63, 3.8) is 0 Å². The lowest BCUT2D eigenvalue weighted by Crippen LogP contribution is -1.94. The van der Waals surface area contributed by atoms with Crippen LogP contribution in [0.4, 0.5) is 5.69 Å². The highest BCUT2D eigenvalue weighted by atomic mass is 35.5. The van der Waals surface area contributed by atoms with Gasteiger partial charge in [-0.3, -0.25) is 0 Å². The first kappa shape index (κ1) is 20.1. The molecular formula is C22H17Cl2NS2. The van der Waals surface area contributed by atoms with Crippen LogP contribution < -0.4 is 0 Å². The minimum atomic E-state index is 0.728. The van der Waals surface area contributed by atoms with E-state index in [0.29, 0.717) is 0 Å². The van der Waals surface area contributed by atoms with Crippen LogP contribution in [-0.4, -0.2) is 5.04 Å². The van der Waals surface area contributed by atoms with E-state index < -0.39 is 0 Å². The maximum absolute atomic E-state index is 6.01. The van der Waals surface area contributed by atoms with Gasteiger partial charge in [0.25, 0.3) is 0 Å². The van der Waals surface area contributed by atoms with Gasteiger partial charge in [0.15, 0.2) is 0 Å². The first-order valence-electron chi connectivity index (χ1n) is 8.27. The second kappa shape index (κ2) is 10.0. The van der Waals surface area contributed by atoms with Crippen molar-refractivity contribution in [2.75, 3.05) is 0 Å². The fourth-order valence-electron chi connectivity index (χ4n) is 2.15. The minimum Gasteiger partial charge on any atom is -0.241 e. The normalized spacial score (nSPS) is 12.3. The van der Waals surface area contributed by atoms with E-state index in [4.69, 9.17) is 28.2 Å². The van der Waals surface area contributed by atoms with Crippen LogP contribution in [0, 0.1) is 0 Å². The van der Waals surface area contributed by atoms with Crippen molar-refractivity contribution in [1.82, 2.24) is 0 Å². The third-order valence-electron chi connectivity index (χ3n) is 3.54. The van der Waals surface area contributed by atoms with Crippen molar-refractivity contribution in [3.05, 3.63) is 99.9 Å². The van der Waals surface area contributed by atoms with Crippen molar-refractivity contribution in [2.24, 2.45) is 4.99 Å². The summed E-state index contributed by atoms with van der Waals surface area (Å²) in [5.41, 5.74) is 2.02. The number of hydrogen-bond acceptors (Lipinski definition) is 3. The molecule has 0 aliphatic carbocycles. The SMILES string of the molecule is CC(=CSc1ccc(Cl)cc1)C(=Nc1ccccc1)Sc1ccc(Cl)cc1. The summed E-state index contributed by atoms with van der Waals surface area (Å²) in [6, 6.07) is 25.6. The second-order valence-electron chi connectivity index (χ2n) is 5.68. The predicted molar refractivity (Wildman–Crippen MR) is 122 cm³/mol.